The molecule has 0 saturated heterocycles. The van der Waals surface area contributed by atoms with Crippen LogP contribution in [0.25, 0.3) is 4.85 Å². The molecule has 0 N–H and O–H groups in total. The van der Waals surface area contributed by atoms with Gasteiger partial charge in [-0.25, -0.2) is 4.85 Å². The molecule has 0 heterocycles. The van der Waals surface area contributed by atoms with E-state index in [-0.39, 0.29) is 5.78 Å². The van der Waals surface area contributed by atoms with Crippen molar-refractivity contribution in [2.75, 3.05) is 0 Å². The molecule has 17 heavy (non-hydrogen) atoms. The lowest BCUT2D eigenvalue weighted by Crippen LogP contribution is -2.01. The van der Waals surface area contributed by atoms with Crippen LogP contribution in [0.3, 0.4) is 0 Å². The second-order valence-corrected chi connectivity index (χ2v) is 4.38. The van der Waals surface area contributed by atoms with Crippen LogP contribution >= 0.6 is 15.9 Å². The highest BCUT2D eigenvalue weighted by molar-refractivity contribution is 9.10. The zero-order chi connectivity index (χ0) is 12.3. The Morgan fingerprint density at radius 2 is 1.82 bits per heavy atom. The molecule has 2 aromatic rings. The van der Waals surface area contributed by atoms with Gasteiger partial charge in [0.15, 0.2) is 11.5 Å². The first-order valence-corrected chi connectivity index (χ1v) is 5.78. The summed E-state index contributed by atoms with van der Waals surface area (Å²) in [5.41, 5.74) is 1.40. The summed E-state index contributed by atoms with van der Waals surface area (Å²) >= 11 is 3.31. The Bertz CT molecular complexity index is 599. The standard InChI is InChI=1S/C14H8BrNO/c1-16-13-8-7-11(15)9-12(13)14(17)10-5-3-2-4-6-10/h2-9H. The molecule has 0 unspecified atom stereocenters. The summed E-state index contributed by atoms with van der Waals surface area (Å²) in [5, 5.41) is 0. The van der Waals surface area contributed by atoms with Crippen LogP contribution in [0.4, 0.5) is 5.69 Å². The third-order valence-electron chi connectivity index (χ3n) is 2.36. The van der Waals surface area contributed by atoms with Gasteiger partial charge >= 0.3 is 0 Å². The summed E-state index contributed by atoms with van der Waals surface area (Å²) in [6.45, 7) is 7.07. The minimum Gasteiger partial charge on any atom is -0.290 e. The van der Waals surface area contributed by atoms with E-state index in [1.807, 2.05) is 18.2 Å². The number of halogens is 1. The molecule has 0 aromatic heterocycles. The van der Waals surface area contributed by atoms with Crippen LogP contribution < -0.4 is 0 Å². The summed E-state index contributed by atoms with van der Waals surface area (Å²) in [7, 11) is 0. The smallest absolute Gasteiger partial charge is 0.198 e. The van der Waals surface area contributed by atoms with Gasteiger partial charge in [-0.05, 0) is 6.07 Å². The van der Waals surface area contributed by atoms with Crippen molar-refractivity contribution in [2.24, 2.45) is 0 Å². The molecule has 3 heteroatoms. The summed E-state index contributed by atoms with van der Waals surface area (Å²) < 4.78 is 0.796. The average molecular weight is 286 g/mol. The lowest BCUT2D eigenvalue weighted by atomic mass is 10.0. The van der Waals surface area contributed by atoms with E-state index < -0.39 is 0 Å². The topological polar surface area (TPSA) is 21.4 Å². The predicted molar refractivity (Wildman–Crippen MR) is 70.3 cm³/mol. The van der Waals surface area contributed by atoms with Gasteiger partial charge in [0.25, 0.3) is 0 Å². The van der Waals surface area contributed by atoms with Gasteiger partial charge in [-0.3, -0.25) is 4.79 Å². The third kappa shape index (κ3) is 2.43. The van der Waals surface area contributed by atoms with Crippen LogP contribution in [-0.2, 0) is 0 Å². The molecular formula is C14H8BrNO. The predicted octanol–water partition coefficient (Wildman–Crippen LogP) is 4.23. The first kappa shape index (κ1) is 11.6. The summed E-state index contributed by atoms with van der Waals surface area (Å²) in [4.78, 5) is 15.6. The van der Waals surface area contributed by atoms with Crippen molar-refractivity contribution in [3.05, 3.63) is 75.5 Å². The monoisotopic (exact) mass is 285 g/mol. The SMILES string of the molecule is [C-]#[N+]c1ccc(Br)cc1C(=O)c1ccccc1. The fraction of sp³-hybridized carbons (Fsp3) is 0. The molecule has 0 atom stereocenters. The van der Waals surface area contributed by atoms with Crippen LogP contribution in [0.2, 0.25) is 0 Å². The highest BCUT2D eigenvalue weighted by atomic mass is 79.9. The highest BCUT2D eigenvalue weighted by Crippen LogP contribution is 2.25. The lowest BCUT2D eigenvalue weighted by Gasteiger charge is -2.04. The maximum absolute atomic E-state index is 12.2. The van der Waals surface area contributed by atoms with Crippen molar-refractivity contribution < 1.29 is 4.79 Å². The summed E-state index contributed by atoms with van der Waals surface area (Å²) in [6.07, 6.45) is 0. The van der Waals surface area contributed by atoms with E-state index in [2.05, 4.69) is 20.8 Å². The van der Waals surface area contributed by atoms with Crippen LogP contribution in [0, 0.1) is 6.57 Å². The number of carbonyl (C=O) groups excluding carboxylic acids is 1. The first-order chi connectivity index (χ1) is 8.22. The quantitative estimate of drug-likeness (QED) is 0.598. The molecule has 0 spiro atoms. The molecule has 2 rings (SSSR count). The number of hydrogen-bond donors (Lipinski definition) is 0. The number of benzene rings is 2. The summed E-state index contributed by atoms with van der Waals surface area (Å²) in [6, 6.07) is 14.1. The second kappa shape index (κ2) is 4.94. The van der Waals surface area contributed by atoms with Gasteiger partial charge in [-0.15, -0.1) is 0 Å². The van der Waals surface area contributed by atoms with Gasteiger partial charge in [0.1, 0.15) is 0 Å². The molecule has 0 saturated carbocycles. The van der Waals surface area contributed by atoms with Crippen molar-refractivity contribution in [3.8, 4) is 0 Å². The number of carbonyl (C=O) groups is 1. The molecule has 0 aliphatic carbocycles. The molecule has 0 aliphatic rings. The van der Waals surface area contributed by atoms with Crippen molar-refractivity contribution in [1.82, 2.24) is 0 Å². The van der Waals surface area contributed by atoms with E-state index in [1.165, 1.54) is 0 Å². The Hall–Kier alpha value is -1.92. The van der Waals surface area contributed by atoms with Gasteiger partial charge in [0.2, 0.25) is 0 Å². The Kier molecular flexibility index (Phi) is 3.36. The van der Waals surface area contributed by atoms with Crippen molar-refractivity contribution in [3.63, 3.8) is 0 Å². The van der Waals surface area contributed by atoms with Crippen LogP contribution in [-0.4, -0.2) is 5.78 Å². The average Bonchev–Trinajstić information content (AvgIpc) is 2.39. The van der Waals surface area contributed by atoms with E-state index in [9.17, 15) is 4.79 Å². The Morgan fingerprint density at radius 1 is 1.12 bits per heavy atom. The van der Waals surface area contributed by atoms with Gasteiger partial charge in [-0.1, -0.05) is 58.4 Å². The largest absolute Gasteiger partial charge is 0.290 e. The van der Waals surface area contributed by atoms with E-state index in [0.717, 1.165) is 4.47 Å². The molecule has 0 amide bonds. The first-order valence-electron chi connectivity index (χ1n) is 4.99. The van der Waals surface area contributed by atoms with Gasteiger partial charge in [-0.2, -0.15) is 0 Å². The third-order valence-corrected chi connectivity index (χ3v) is 2.85. The molecule has 0 aliphatic heterocycles. The van der Waals surface area contributed by atoms with Crippen LogP contribution in [0.1, 0.15) is 15.9 Å². The minimum atomic E-state index is -0.127. The molecule has 2 nitrogen and oxygen atoms in total. The molecule has 82 valence electrons. The number of nitrogens with zero attached hydrogens (tertiary/aromatic N) is 1. The lowest BCUT2D eigenvalue weighted by molar-refractivity contribution is 0.103. The van der Waals surface area contributed by atoms with Crippen molar-refractivity contribution in [2.45, 2.75) is 0 Å². The summed E-state index contributed by atoms with van der Waals surface area (Å²) in [5.74, 6) is -0.127. The Balaban J connectivity index is 2.52. The Labute approximate surface area is 108 Å². The fourth-order valence-electron chi connectivity index (χ4n) is 1.53. The van der Waals surface area contributed by atoms with E-state index in [4.69, 9.17) is 6.57 Å². The highest BCUT2D eigenvalue weighted by Gasteiger charge is 2.13. The van der Waals surface area contributed by atoms with E-state index >= 15 is 0 Å². The van der Waals surface area contributed by atoms with Crippen molar-refractivity contribution in [1.29, 1.82) is 0 Å². The van der Waals surface area contributed by atoms with Crippen molar-refractivity contribution >= 4 is 27.4 Å². The normalized spacial score (nSPS) is 9.65. The fourth-order valence-corrected chi connectivity index (χ4v) is 1.89. The minimum absolute atomic E-state index is 0.127. The van der Waals surface area contributed by atoms with Crippen LogP contribution in [0.15, 0.2) is 53.0 Å². The second-order valence-electron chi connectivity index (χ2n) is 3.47. The number of hydrogen-bond acceptors (Lipinski definition) is 1. The van der Waals surface area contributed by atoms with Gasteiger partial charge < -0.3 is 0 Å². The number of ketones is 1. The molecule has 0 bridgehead atoms. The maximum Gasteiger partial charge on any atom is 0.198 e. The molecular weight excluding hydrogens is 278 g/mol. The van der Waals surface area contributed by atoms with Crippen LogP contribution in [0.5, 0.6) is 0 Å². The molecule has 0 fully saturated rings. The zero-order valence-electron chi connectivity index (χ0n) is 8.85. The maximum atomic E-state index is 12.2. The van der Waals surface area contributed by atoms with E-state index in [0.29, 0.717) is 16.8 Å². The van der Waals surface area contributed by atoms with E-state index in [1.54, 1.807) is 30.3 Å². The molecule has 0 radical (unpaired) electrons. The van der Waals surface area contributed by atoms with Gasteiger partial charge in [0, 0.05) is 15.6 Å². The molecule has 2 aromatic carbocycles. The van der Waals surface area contributed by atoms with Gasteiger partial charge in [0.05, 0.1) is 6.57 Å². The number of rotatable bonds is 2. The Morgan fingerprint density at radius 3 is 2.47 bits per heavy atom. The zero-order valence-corrected chi connectivity index (χ0v) is 10.4.